The van der Waals surface area contributed by atoms with Gasteiger partial charge in [-0.25, -0.2) is 0 Å². The van der Waals surface area contributed by atoms with Gasteiger partial charge in [0.2, 0.25) is 5.91 Å². The van der Waals surface area contributed by atoms with Gasteiger partial charge in [-0.05, 0) is 18.9 Å². The Labute approximate surface area is 146 Å². The smallest absolute Gasteiger partial charge is 0.256 e. The minimum absolute atomic E-state index is 0.00575. The van der Waals surface area contributed by atoms with Crippen molar-refractivity contribution >= 4 is 22.6 Å². The standard InChI is InChI=1S/C19H23N3O3/c1-12(2)17(23)20-10-13-6-5-9-22(13)19(25)16-11-21-18(24)15-8-4-3-7-14(15)16/h3-4,7-8,11-13H,5-6,9-10H2,1-2H3,(H,20,23)(H,21,24). The summed E-state index contributed by atoms with van der Waals surface area (Å²) >= 11 is 0. The van der Waals surface area contributed by atoms with E-state index in [1.807, 2.05) is 19.9 Å². The Balaban J connectivity index is 1.84. The zero-order chi connectivity index (χ0) is 18.0. The Kier molecular flexibility index (Phi) is 4.88. The van der Waals surface area contributed by atoms with Crippen molar-refractivity contribution in [2.75, 3.05) is 13.1 Å². The summed E-state index contributed by atoms with van der Waals surface area (Å²) in [6, 6.07) is 7.11. The molecule has 0 aliphatic carbocycles. The van der Waals surface area contributed by atoms with Crippen LogP contribution in [0.2, 0.25) is 0 Å². The molecule has 6 heteroatoms. The molecule has 1 saturated heterocycles. The molecular weight excluding hydrogens is 318 g/mol. The van der Waals surface area contributed by atoms with Crippen LogP contribution in [0, 0.1) is 5.92 Å². The number of rotatable bonds is 4. The number of carbonyl (C=O) groups excluding carboxylic acids is 2. The molecule has 0 radical (unpaired) electrons. The van der Waals surface area contributed by atoms with Gasteiger partial charge in [-0.2, -0.15) is 0 Å². The number of aromatic amines is 1. The van der Waals surface area contributed by atoms with E-state index in [0.29, 0.717) is 29.4 Å². The summed E-state index contributed by atoms with van der Waals surface area (Å²) in [6.45, 7) is 4.82. The summed E-state index contributed by atoms with van der Waals surface area (Å²) in [4.78, 5) is 41.3. The van der Waals surface area contributed by atoms with Gasteiger partial charge < -0.3 is 15.2 Å². The molecule has 132 valence electrons. The average molecular weight is 341 g/mol. The first-order chi connectivity index (χ1) is 12.0. The molecule has 25 heavy (non-hydrogen) atoms. The van der Waals surface area contributed by atoms with Gasteiger partial charge in [0.1, 0.15) is 0 Å². The van der Waals surface area contributed by atoms with Crippen LogP contribution in [0.4, 0.5) is 0 Å². The minimum atomic E-state index is -0.200. The molecule has 2 N–H and O–H groups in total. The lowest BCUT2D eigenvalue weighted by Crippen LogP contribution is -2.44. The van der Waals surface area contributed by atoms with Crippen molar-refractivity contribution in [3.05, 3.63) is 46.4 Å². The van der Waals surface area contributed by atoms with Crippen LogP contribution in [0.15, 0.2) is 35.3 Å². The molecule has 3 rings (SSSR count). The number of carbonyl (C=O) groups is 2. The van der Waals surface area contributed by atoms with Crippen molar-refractivity contribution in [1.82, 2.24) is 15.2 Å². The van der Waals surface area contributed by atoms with Gasteiger partial charge in [0.15, 0.2) is 0 Å². The third-order valence-corrected chi connectivity index (χ3v) is 4.71. The van der Waals surface area contributed by atoms with Gasteiger partial charge in [-0.3, -0.25) is 14.4 Å². The number of fused-ring (bicyclic) bond motifs is 1. The van der Waals surface area contributed by atoms with Crippen LogP contribution in [0.5, 0.6) is 0 Å². The molecule has 2 amide bonds. The predicted octanol–water partition coefficient (Wildman–Crippen LogP) is 1.90. The Morgan fingerprint density at radius 3 is 2.72 bits per heavy atom. The fraction of sp³-hybridized carbons (Fsp3) is 0.421. The summed E-state index contributed by atoms with van der Waals surface area (Å²) in [5.41, 5.74) is 0.298. The van der Waals surface area contributed by atoms with Gasteiger partial charge >= 0.3 is 0 Å². The zero-order valence-electron chi connectivity index (χ0n) is 14.5. The normalized spacial score (nSPS) is 17.2. The summed E-state index contributed by atoms with van der Waals surface area (Å²) in [7, 11) is 0. The van der Waals surface area contributed by atoms with E-state index in [1.54, 1.807) is 23.1 Å². The average Bonchev–Trinajstić information content (AvgIpc) is 3.08. The first-order valence-corrected chi connectivity index (χ1v) is 8.68. The molecule has 0 saturated carbocycles. The van der Waals surface area contributed by atoms with Crippen molar-refractivity contribution in [3.63, 3.8) is 0 Å². The van der Waals surface area contributed by atoms with Crippen molar-refractivity contribution in [3.8, 4) is 0 Å². The van der Waals surface area contributed by atoms with Gasteiger partial charge in [0, 0.05) is 42.0 Å². The highest BCUT2D eigenvalue weighted by atomic mass is 16.2. The summed E-state index contributed by atoms with van der Waals surface area (Å²) in [5.74, 6) is -0.184. The molecule has 1 aromatic heterocycles. The van der Waals surface area contributed by atoms with E-state index in [4.69, 9.17) is 0 Å². The number of H-pyrrole nitrogens is 1. The van der Waals surface area contributed by atoms with Gasteiger partial charge in [0.05, 0.1) is 5.56 Å². The minimum Gasteiger partial charge on any atom is -0.354 e. The number of aromatic nitrogens is 1. The number of pyridine rings is 1. The lowest BCUT2D eigenvalue weighted by atomic mass is 10.1. The molecule has 1 atom stereocenters. The number of hydrogen-bond acceptors (Lipinski definition) is 3. The van der Waals surface area contributed by atoms with E-state index in [1.165, 1.54) is 6.20 Å². The maximum atomic E-state index is 13.1. The Bertz CT molecular complexity index is 856. The number of likely N-dealkylation sites (tertiary alicyclic amines) is 1. The first-order valence-electron chi connectivity index (χ1n) is 8.68. The van der Waals surface area contributed by atoms with E-state index in [0.717, 1.165) is 12.8 Å². The molecular formula is C19H23N3O3. The largest absolute Gasteiger partial charge is 0.354 e. The summed E-state index contributed by atoms with van der Waals surface area (Å²) < 4.78 is 0. The van der Waals surface area contributed by atoms with E-state index in [-0.39, 0.29) is 29.3 Å². The summed E-state index contributed by atoms with van der Waals surface area (Å²) in [6.07, 6.45) is 3.27. The SMILES string of the molecule is CC(C)C(=O)NCC1CCCN1C(=O)c1c[nH]c(=O)c2ccccc12. The van der Waals surface area contributed by atoms with Crippen LogP contribution < -0.4 is 10.9 Å². The highest BCUT2D eigenvalue weighted by Gasteiger charge is 2.30. The fourth-order valence-corrected chi connectivity index (χ4v) is 3.28. The van der Waals surface area contributed by atoms with Crippen LogP contribution in [0.25, 0.3) is 10.8 Å². The molecule has 6 nitrogen and oxygen atoms in total. The fourth-order valence-electron chi connectivity index (χ4n) is 3.28. The quantitative estimate of drug-likeness (QED) is 0.891. The van der Waals surface area contributed by atoms with E-state index in [9.17, 15) is 14.4 Å². The molecule has 1 unspecified atom stereocenters. The predicted molar refractivity (Wildman–Crippen MR) is 96.5 cm³/mol. The van der Waals surface area contributed by atoms with E-state index in [2.05, 4.69) is 10.3 Å². The Morgan fingerprint density at radius 1 is 1.28 bits per heavy atom. The second-order valence-electron chi connectivity index (χ2n) is 6.77. The second kappa shape index (κ2) is 7.09. The first kappa shape index (κ1) is 17.2. The molecule has 1 aliphatic rings. The lowest BCUT2D eigenvalue weighted by Gasteiger charge is -2.25. The Hall–Kier alpha value is -2.63. The number of hydrogen-bond donors (Lipinski definition) is 2. The van der Waals surface area contributed by atoms with Gasteiger partial charge in [-0.1, -0.05) is 32.0 Å². The van der Waals surface area contributed by atoms with Crippen molar-refractivity contribution in [1.29, 1.82) is 0 Å². The van der Waals surface area contributed by atoms with Crippen LogP contribution in [0.1, 0.15) is 37.0 Å². The zero-order valence-corrected chi connectivity index (χ0v) is 14.5. The number of nitrogens with zero attached hydrogens (tertiary/aromatic N) is 1. The molecule has 2 heterocycles. The molecule has 1 aliphatic heterocycles. The van der Waals surface area contributed by atoms with Crippen LogP contribution in [-0.4, -0.2) is 40.8 Å². The van der Waals surface area contributed by atoms with Crippen LogP contribution in [0.3, 0.4) is 0 Å². The highest BCUT2D eigenvalue weighted by molar-refractivity contribution is 6.06. The van der Waals surface area contributed by atoms with Crippen molar-refractivity contribution < 1.29 is 9.59 Å². The molecule has 0 spiro atoms. The third kappa shape index (κ3) is 3.43. The van der Waals surface area contributed by atoms with Gasteiger partial charge in [-0.15, -0.1) is 0 Å². The molecule has 2 aromatic rings. The molecule has 1 fully saturated rings. The van der Waals surface area contributed by atoms with Crippen LogP contribution in [-0.2, 0) is 4.79 Å². The van der Waals surface area contributed by atoms with E-state index < -0.39 is 0 Å². The lowest BCUT2D eigenvalue weighted by molar-refractivity contribution is -0.124. The number of amides is 2. The monoisotopic (exact) mass is 341 g/mol. The maximum absolute atomic E-state index is 13.1. The van der Waals surface area contributed by atoms with Gasteiger partial charge in [0.25, 0.3) is 11.5 Å². The third-order valence-electron chi connectivity index (χ3n) is 4.71. The van der Waals surface area contributed by atoms with Crippen molar-refractivity contribution in [2.45, 2.75) is 32.7 Å². The number of nitrogens with one attached hydrogen (secondary N) is 2. The van der Waals surface area contributed by atoms with Crippen molar-refractivity contribution in [2.24, 2.45) is 5.92 Å². The molecule has 0 bridgehead atoms. The second-order valence-corrected chi connectivity index (χ2v) is 6.77. The summed E-state index contributed by atoms with van der Waals surface area (Å²) in [5, 5.41) is 4.09. The maximum Gasteiger partial charge on any atom is 0.256 e. The molecule has 1 aromatic carbocycles. The highest BCUT2D eigenvalue weighted by Crippen LogP contribution is 2.23. The van der Waals surface area contributed by atoms with Crippen LogP contribution >= 0.6 is 0 Å². The topological polar surface area (TPSA) is 82.3 Å². The number of benzene rings is 1. The Morgan fingerprint density at radius 2 is 2.00 bits per heavy atom. The van der Waals surface area contributed by atoms with E-state index >= 15 is 0 Å².